The molecular weight excluding hydrogens is 236 g/mol. The number of nitrogens with one attached hydrogen (secondary N) is 1. The van der Waals surface area contributed by atoms with Crippen molar-refractivity contribution in [1.82, 2.24) is 15.2 Å². The van der Waals surface area contributed by atoms with Crippen LogP contribution in [0.2, 0.25) is 0 Å². The Morgan fingerprint density at radius 3 is 2.88 bits per heavy atom. The Hall–Kier alpha value is -1.82. The zero-order valence-corrected chi connectivity index (χ0v) is 10.4. The number of rotatable bonds is 3. The molecule has 2 aromatic rings. The first-order chi connectivity index (χ1) is 8.16. The number of carbonyl (C=O) groups excluding carboxylic acids is 1. The Morgan fingerprint density at radius 2 is 2.24 bits per heavy atom. The van der Waals surface area contributed by atoms with Gasteiger partial charge in [-0.25, -0.2) is 0 Å². The fourth-order valence-corrected chi connectivity index (χ4v) is 1.87. The minimum absolute atomic E-state index is 0.0566. The summed E-state index contributed by atoms with van der Waals surface area (Å²) in [7, 11) is 0. The molecule has 0 saturated heterocycles. The van der Waals surface area contributed by atoms with E-state index >= 15 is 0 Å². The van der Waals surface area contributed by atoms with Gasteiger partial charge in [-0.2, -0.15) is 0 Å². The van der Waals surface area contributed by atoms with Crippen LogP contribution in [0.25, 0.3) is 10.6 Å². The molecule has 2 rings (SSSR count). The summed E-state index contributed by atoms with van der Waals surface area (Å²) in [6.07, 6.45) is 3.42. The lowest BCUT2D eigenvalue weighted by molar-refractivity contribution is -0.118. The van der Waals surface area contributed by atoms with Gasteiger partial charge in [0.25, 0.3) is 0 Å². The minimum Gasteiger partial charge on any atom is -0.300 e. The van der Waals surface area contributed by atoms with E-state index < -0.39 is 0 Å². The Bertz CT molecular complexity index is 509. The lowest BCUT2D eigenvalue weighted by Crippen LogP contribution is -2.17. The van der Waals surface area contributed by atoms with Gasteiger partial charge in [-0.05, 0) is 12.1 Å². The summed E-state index contributed by atoms with van der Waals surface area (Å²) < 4.78 is 0. The van der Waals surface area contributed by atoms with E-state index in [1.165, 1.54) is 11.3 Å². The third kappa shape index (κ3) is 2.85. The van der Waals surface area contributed by atoms with Crippen LogP contribution in [-0.2, 0) is 4.79 Å². The zero-order chi connectivity index (χ0) is 12.3. The third-order valence-electron chi connectivity index (χ3n) is 2.09. The maximum atomic E-state index is 11.5. The van der Waals surface area contributed by atoms with Crippen LogP contribution >= 0.6 is 11.3 Å². The summed E-state index contributed by atoms with van der Waals surface area (Å²) in [5.74, 6) is -0.125. The molecule has 0 spiro atoms. The maximum absolute atomic E-state index is 11.5. The van der Waals surface area contributed by atoms with Crippen LogP contribution in [-0.4, -0.2) is 21.1 Å². The van der Waals surface area contributed by atoms with Gasteiger partial charge in [0.15, 0.2) is 5.01 Å². The number of hydrogen-bond donors (Lipinski definition) is 1. The van der Waals surface area contributed by atoms with Crippen LogP contribution in [0.4, 0.5) is 5.13 Å². The molecule has 17 heavy (non-hydrogen) atoms. The largest absolute Gasteiger partial charge is 0.300 e. The van der Waals surface area contributed by atoms with Gasteiger partial charge >= 0.3 is 0 Å². The highest BCUT2D eigenvalue weighted by Gasteiger charge is 2.11. The standard InChI is InChI=1S/C11H12N4OS/c1-7(2)9(16)13-11-15-14-10(17-11)8-4-3-5-12-6-8/h3-7H,1-2H3,(H,13,15,16). The van der Waals surface area contributed by atoms with Crippen LogP contribution in [0.5, 0.6) is 0 Å². The Balaban J connectivity index is 2.14. The average molecular weight is 248 g/mol. The summed E-state index contributed by atoms with van der Waals surface area (Å²) in [5.41, 5.74) is 0.898. The van der Waals surface area contributed by atoms with Crippen molar-refractivity contribution in [3.05, 3.63) is 24.5 Å². The molecule has 2 aromatic heterocycles. The van der Waals surface area contributed by atoms with Gasteiger partial charge in [0.1, 0.15) is 0 Å². The van der Waals surface area contributed by atoms with Crippen LogP contribution in [0.1, 0.15) is 13.8 Å². The highest BCUT2D eigenvalue weighted by atomic mass is 32.1. The van der Waals surface area contributed by atoms with E-state index in [0.717, 1.165) is 10.6 Å². The fraction of sp³-hybridized carbons (Fsp3) is 0.273. The zero-order valence-electron chi connectivity index (χ0n) is 9.54. The Morgan fingerprint density at radius 1 is 1.41 bits per heavy atom. The van der Waals surface area contributed by atoms with Gasteiger partial charge in [-0.3, -0.25) is 9.78 Å². The van der Waals surface area contributed by atoms with E-state index in [-0.39, 0.29) is 11.8 Å². The lowest BCUT2D eigenvalue weighted by atomic mass is 10.2. The molecule has 0 atom stereocenters. The summed E-state index contributed by atoms with van der Waals surface area (Å²) in [5, 5.41) is 11.9. The van der Waals surface area contributed by atoms with Crippen molar-refractivity contribution >= 4 is 22.4 Å². The molecule has 0 fully saturated rings. The third-order valence-corrected chi connectivity index (χ3v) is 2.98. The van der Waals surface area contributed by atoms with Gasteiger partial charge in [0.2, 0.25) is 11.0 Å². The van der Waals surface area contributed by atoms with Crippen molar-refractivity contribution < 1.29 is 4.79 Å². The van der Waals surface area contributed by atoms with E-state index in [1.807, 2.05) is 26.0 Å². The molecule has 0 aliphatic rings. The van der Waals surface area contributed by atoms with Crippen molar-refractivity contribution in [2.75, 3.05) is 5.32 Å². The number of anilines is 1. The molecular formula is C11H12N4OS. The molecule has 0 aliphatic heterocycles. The topological polar surface area (TPSA) is 67.8 Å². The van der Waals surface area contributed by atoms with E-state index in [4.69, 9.17) is 0 Å². The van der Waals surface area contributed by atoms with E-state index in [0.29, 0.717) is 5.13 Å². The number of amides is 1. The first-order valence-corrected chi connectivity index (χ1v) is 6.03. The van der Waals surface area contributed by atoms with E-state index in [1.54, 1.807) is 12.4 Å². The quantitative estimate of drug-likeness (QED) is 0.904. The molecule has 2 heterocycles. The normalized spacial score (nSPS) is 10.5. The minimum atomic E-state index is -0.0688. The highest BCUT2D eigenvalue weighted by molar-refractivity contribution is 7.18. The van der Waals surface area contributed by atoms with Crippen molar-refractivity contribution in [3.63, 3.8) is 0 Å². The molecule has 0 radical (unpaired) electrons. The van der Waals surface area contributed by atoms with Gasteiger partial charge < -0.3 is 5.32 Å². The van der Waals surface area contributed by atoms with Crippen LogP contribution < -0.4 is 5.32 Å². The molecule has 0 aliphatic carbocycles. The fourth-order valence-electron chi connectivity index (χ4n) is 1.13. The average Bonchev–Trinajstić information content (AvgIpc) is 2.78. The molecule has 0 bridgehead atoms. The van der Waals surface area contributed by atoms with Gasteiger partial charge in [-0.1, -0.05) is 25.2 Å². The van der Waals surface area contributed by atoms with Gasteiger partial charge in [-0.15, -0.1) is 10.2 Å². The first-order valence-electron chi connectivity index (χ1n) is 5.21. The maximum Gasteiger partial charge on any atom is 0.228 e. The van der Waals surface area contributed by atoms with E-state index in [9.17, 15) is 4.79 Å². The van der Waals surface area contributed by atoms with Gasteiger partial charge in [0.05, 0.1) is 0 Å². The van der Waals surface area contributed by atoms with Crippen molar-refractivity contribution in [2.45, 2.75) is 13.8 Å². The second-order valence-electron chi connectivity index (χ2n) is 3.80. The lowest BCUT2D eigenvalue weighted by Gasteiger charge is -2.02. The number of carbonyl (C=O) groups is 1. The van der Waals surface area contributed by atoms with Gasteiger partial charge in [0, 0.05) is 23.9 Å². The van der Waals surface area contributed by atoms with Crippen LogP contribution in [0.3, 0.4) is 0 Å². The molecule has 0 aromatic carbocycles. The molecule has 1 N–H and O–H groups in total. The van der Waals surface area contributed by atoms with Crippen LogP contribution in [0.15, 0.2) is 24.5 Å². The molecule has 0 saturated carbocycles. The smallest absolute Gasteiger partial charge is 0.228 e. The molecule has 5 nitrogen and oxygen atoms in total. The SMILES string of the molecule is CC(C)C(=O)Nc1nnc(-c2cccnc2)s1. The summed E-state index contributed by atoms with van der Waals surface area (Å²) >= 11 is 1.34. The summed E-state index contributed by atoms with van der Waals surface area (Å²) in [6, 6.07) is 3.74. The molecule has 0 unspecified atom stereocenters. The second-order valence-corrected chi connectivity index (χ2v) is 4.78. The second kappa shape index (κ2) is 5.01. The predicted molar refractivity (Wildman–Crippen MR) is 66.6 cm³/mol. The monoisotopic (exact) mass is 248 g/mol. The van der Waals surface area contributed by atoms with Crippen molar-refractivity contribution in [2.24, 2.45) is 5.92 Å². The number of pyridine rings is 1. The number of aromatic nitrogens is 3. The number of hydrogen-bond acceptors (Lipinski definition) is 5. The Kier molecular flexibility index (Phi) is 3.43. The van der Waals surface area contributed by atoms with Crippen molar-refractivity contribution in [3.8, 4) is 10.6 Å². The first kappa shape index (κ1) is 11.7. The molecule has 6 heteroatoms. The number of nitrogens with zero attached hydrogens (tertiary/aromatic N) is 3. The summed E-state index contributed by atoms with van der Waals surface area (Å²) in [4.78, 5) is 15.5. The highest BCUT2D eigenvalue weighted by Crippen LogP contribution is 2.25. The predicted octanol–water partition coefficient (Wildman–Crippen LogP) is 2.19. The molecule has 1 amide bonds. The van der Waals surface area contributed by atoms with Crippen LogP contribution in [0, 0.1) is 5.92 Å². The van der Waals surface area contributed by atoms with E-state index in [2.05, 4.69) is 20.5 Å². The summed E-state index contributed by atoms with van der Waals surface area (Å²) in [6.45, 7) is 3.66. The molecule has 88 valence electrons. The Labute approximate surface area is 103 Å². The van der Waals surface area contributed by atoms with Crippen molar-refractivity contribution in [1.29, 1.82) is 0 Å².